The van der Waals surface area contributed by atoms with Gasteiger partial charge in [-0.25, -0.2) is 4.98 Å². The minimum atomic E-state index is -0.0737. The van der Waals surface area contributed by atoms with Crippen LogP contribution in [0.1, 0.15) is 18.9 Å². The number of fused-ring (bicyclic) bond motifs is 1. The molecule has 0 unspecified atom stereocenters. The van der Waals surface area contributed by atoms with Crippen LogP contribution in [-0.4, -0.2) is 58.0 Å². The Kier molecular flexibility index (Phi) is 5.78. The van der Waals surface area contributed by atoms with E-state index in [1.807, 2.05) is 41.5 Å². The molecule has 29 heavy (non-hydrogen) atoms. The van der Waals surface area contributed by atoms with Gasteiger partial charge in [-0.15, -0.1) is 11.3 Å². The maximum Gasteiger partial charge on any atom is 0.262 e. The molecule has 0 aliphatic carbocycles. The Hall–Kier alpha value is -2.51. The minimum absolute atomic E-state index is 0.0737. The average molecular weight is 411 g/mol. The number of carbonyl (C=O) groups is 1. The number of hydrogen-bond donors (Lipinski definition) is 0. The molecule has 3 heterocycles. The van der Waals surface area contributed by atoms with Crippen molar-refractivity contribution in [3.8, 4) is 11.1 Å². The third kappa shape index (κ3) is 4.11. The third-order valence-electron chi connectivity index (χ3n) is 5.66. The molecule has 1 amide bonds. The third-order valence-corrected chi connectivity index (χ3v) is 6.55. The summed E-state index contributed by atoms with van der Waals surface area (Å²) >= 11 is 1.48. The summed E-state index contributed by atoms with van der Waals surface area (Å²) in [5, 5.41) is 2.64. The van der Waals surface area contributed by atoms with E-state index in [1.165, 1.54) is 16.9 Å². The van der Waals surface area contributed by atoms with Crippen molar-refractivity contribution in [2.24, 2.45) is 0 Å². The Labute approximate surface area is 174 Å². The number of amides is 1. The molecule has 0 radical (unpaired) electrons. The van der Waals surface area contributed by atoms with Crippen LogP contribution < -0.4 is 5.56 Å². The van der Waals surface area contributed by atoms with E-state index in [0.717, 1.165) is 48.7 Å². The van der Waals surface area contributed by atoms with Crippen LogP contribution in [0.5, 0.6) is 0 Å². The predicted octanol–water partition coefficient (Wildman–Crippen LogP) is 2.99. The smallest absolute Gasteiger partial charge is 0.262 e. The van der Waals surface area contributed by atoms with E-state index in [0.29, 0.717) is 18.4 Å². The number of likely N-dealkylation sites (N-methyl/N-ethyl adjacent to an activating group) is 1. The Morgan fingerprint density at radius 2 is 1.86 bits per heavy atom. The molecule has 1 fully saturated rings. The number of rotatable bonds is 5. The fourth-order valence-corrected chi connectivity index (χ4v) is 4.67. The largest absolute Gasteiger partial charge is 0.340 e. The molecule has 0 saturated carbocycles. The van der Waals surface area contributed by atoms with Crippen molar-refractivity contribution < 1.29 is 4.79 Å². The first kappa shape index (κ1) is 19.8. The van der Waals surface area contributed by atoms with Gasteiger partial charge in [-0.1, -0.05) is 36.8 Å². The van der Waals surface area contributed by atoms with Crippen LogP contribution in [0.3, 0.4) is 0 Å². The van der Waals surface area contributed by atoms with Gasteiger partial charge in [0.25, 0.3) is 5.56 Å². The maximum absolute atomic E-state index is 13.1. The second-order valence-electron chi connectivity index (χ2n) is 7.50. The van der Waals surface area contributed by atoms with E-state index < -0.39 is 0 Å². The van der Waals surface area contributed by atoms with Gasteiger partial charge in [0.2, 0.25) is 5.91 Å². The SMILES string of the molecule is CCN1CCN(C(=O)CCn2cnc3scc(-c4ccc(C)cc4)c3c2=O)CC1. The summed E-state index contributed by atoms with van der Waals surface area (Å²) in [6.07, 6.45) is 1.89. The van der Waals surface area contributed by atoms with Crippen molar-refractivity contribution in [1.82, 2.24) is 19.4 Å². The lowest BCUT2D eigenvalue weighted by molar-refractivity contribution is -0.133. The van der Waals surface area contributed by atoms with Crippen LogP contribution in [0.4, 0.5) is 0 Å². The summed E-state index contributed by atoms with van der Waals surface area (Å²) in [5.74, 6) is 0.108. The highest BCUT2D eigenvalue weighted by Crippen LogP contribution is 2.30. The van der Waals surface area contributed by atoms with Gasteiger partial charge in [0.15, 0.2) is 0 Å². The number of thiophene rings is 1. The van der Waals surface area contributed by atoms with Gasteiger partial charge in [-0.05, 0) is 19.0 Å². The summed E-state index contributed by atoms with van der Waals surface area (Å²) in [6.45, 7) is 8.94. The van der Waals surface area contributed by atoms with Gasteiger partial charge in [-0.3, -0.25) is 14.2 Å². The monoisotopic (exact) mass is 410 g/mol. The molecule has 3 aromatic rings. The molecule has 0 N–H and O–H groups in total. The fourth-order valence-electron chi connectivity index (χ4n) is 3.76. The van der Waals surface area contributed by atoms with Crippen molar-refractivity contribution in [2.45, 2.75) is 26.8 Å². The molecule has 1 saturated heterocycles. The molecule has 1 aromatic carbocycles. The molecule has 2 aromatic heterocycles. The minimum Gasteiger partial charge on any atom is -0.340 e. The maximum atomic E-state index is 13.1. The van der Waals surface area contributed by atoms with Gasteiger partial charge < -0.3 is 9.80 Å². The molecule has 152 valence electrons. The molecular formula is C22H26N4O2S. The first-order valence-electron chi connectivity index (χ1n) is 10.1. The van der Waals surface area contributed by atoms with Crippen molar-refractivity contribution in [3.63, 3.8) is 0 Å². The fraction of sp³-hybridized carbons (Fsp3) is 0.409. The average Bonchev–Trinajstić information content (AvgIpc) is 3.18. The quantitative estimate of drug-likeness (QED) is 0.649. The molecular weight excluding hydrogens is 384 g/mol. The van der Waals surface area contributed by atoms with Gasteiger partial charge in [0, 0.05) is 50.1 Å². The van der Waals surface area contributed by atoms with E-state index in [1.54, 1.807) is 10.9 Å². The lowest BCUT2D eigenvalue weighted by Crippen LogP contribution is -2.48. The number of benzene rings is 1. The van der Waals surface area contributed by atoms with Crippen LogP contribution in [0.2, 0.25) is 0 Å². The number of carbonyl (C=O) groups excluding carboxylic acids is 1. The van der Waals surface area contributed by atoms with Gasteiger partial charge in [-0.2, -0.15) is 0 Å². The van der Waals surface area contributed by atoms with Crippen LogP contribution in [0.15, 0.2) is 40.8 Å². The molecule has 0 bridgehead atoms. The Bertz CT molecular complexity index is 1060. The zero-order chi connectivity index (χ0) is 20.4. The second-order valence-corrected chi connectivity index (χ2v) is 8.36. The summed E-state index contributed by atoms with van der Waals surface area (Å²) < 4.78 is 1.58. The van der Waals surface area contributed by atoms with Crippen LogP contribution in [0, 0.1) is 6.92 Å². The lowest BCUT2D eigenvalue weighted by atomic mass is 10.1. The first-order chi connectivity index (χ1) is 14.1. The van der Waals surface area contributed by atoms with Crippen LogP contribution in [-0.2, 0) is 11.3 Å². The predicted molar refractivity (Wildman–Crippen MR) is 117 cm³/mol. The Morgan fingerprint density at radius 1 is 1.14 bits per heavy atom. The number of nitrogens with zero attached hydrogens (tertiary/aromatic N) is 4. The van der Waals surface area contributed by atoms with E-state index in [9.17, 15) is 9.59 Å². The lowest BCUT2D eigenvalue weighted by Gasteiger charge is -2.34. The molecule has 7 heteroatoms. The number of piperazine rings is 1. The van der Waals surface area contributed by atoms with E-state index in [-0.39, 0.29) is 11.5 Å². The normalized spacial score (nSPS) is 15.2. The van der Waals surface area contributed by atoms with Crippen molar-refractivity contribution in [3.05, 3.63) is 51.9 Å². The van der Waals surface area contributed by atoms with E-state index >= 15 is 0 Å². The zero-order valence-electron chi connectivity index (χ0n) is 16.9. The summed E-state index contributed by atoms with van der Waals surface area (Å²) in [6, 6.07) is 8.16. The highest BCUT2D eigenvalue weighted by Gasteiger charge is 2.20. The van der Waals surface area contributed by atoms with Gasteiger partial charge in [0.1, 0.15) is 4.83 Å². The summed E-state index contributed by atoms with van der Waals surface area (Å²) in [7, 11) is 0. The molecule has 4 rings (SSSR count). The Balaban J connectivity index is 1.52. The van der Waals surface area contributed by atoms with Gasteiger partial charge >= 0.3 is 0 Å². The summed E-state index contributed by atoms with van der Waals surface area (Å²) in [5.41, 5.74) is 3.04. The first-order valence-corrected chi connectivity index (χ1v) is 11.0. The topological polar surface area (TPSA) is 58.4 Å². The van der Waals surface area contributed by atoms with E-state index in [4.69, 9.17) is 0 Å². The number of hydrogen-bond acceptors (Lipinski definition) is 5. The number of aromatic nitrogens is 2. The van der Waals surface area contributed by atoms with Crippen molar-refractivity contribution >= 4 is 27.5 Å². The molecule has 6 nitrogen and oxygen atoms in total. The van der Waals surface area contributed by atoms with Crippen molar-refractivity contribution in [2.75, 3.05) is 32.7 Å². The molecule has 0 spiro atoms. The molecule has 1 aliphatic rings. The highest BCUT2D eigenvalue weighted by molar-refractivity contribution is 7.17. The zero-order valence-corrected chi connectivity index (χ0v) is 17.7. The highest BCUT2D eigenvalue weighted by atomic mass is 32.1. The summed E-state index contributed by atoms with van der Waals surface area (Å²) in [4.78, 5) is 35.2. The molecule has 0 atom stereocenters. The van der Waals surface area contributed by atoms with Crippen LogP contribution >= 0.6 is 11.3 Å². The van der Waals surface area contributed by atoms with Gasteiger partial charge in [0.05, 0.1) is 11.7 Å². The van der Waals surface area contributed by atoms with Crippen LogP contribution in [0.25, 0.3) is 21.3 Å². The second kappa shape index (κ2) is 8.47. The standard InChI is InChI=1S/C22H26N4O2S/c1-3-24-10-12-25(13-11-24)19(27)8-9-26-15-23-21-20(22(26)28)18(14-29-21)17-6-4-16(2)5-7-17/h4-7,14-15H,3,8-13H2,1-2H3. The molecule has 1 aliphatic heterocycles. The number of aryl methyl sites for hydroxylation is 2. The Morgan fingerprint density at radius 3 is 2.55 bits per heavy atom. The van der Waals surface area contributed by atoms with Crippen molar-refractivity contribution in [1.29, 1.82) is 0 Å². The van der Waals surface area contributed by atoms with E-state index in [2.05, 4.69) is 16.8 Å².